The minimum Gasteiger partial charge on any atom is -0.330 e. The molecule has 0 aliphatic heterocycles. The zero-order valence-corrected chi connectivity index (χ0v) is 12.8. The molecule has 0 atom stereocenters. The molecule has 0 aromatic heterocycles. The van der Waals surface area contributed by atoms with Gasteiger partial charge in [0.25, 0.3) is 0 Å². The van der Waals surface area contributed by atoms with Gasteiger partial charge in [0, 0.05) is 17.0 Å². The van der Waals surface area contributed by atoms with Crippen molar-refractivity contribution in [1.82, 2.24) is 0 Å². The molecule has 0 radical (unpaired) electrons. The minimum atomic E-state index is 0.0713. The zero-order chi connectivity index (χ0) is 14.3. The van der Waals surface area contributed by atoms with E-state index in [9.17, 15) is 4.79 Å². The van der Waals surface area contributed by atoms with Gasteiger partial charge in [-0.15, -0.1) is 11.8 Å². The summed E-state index contributed by atoms with van der Waals surface area (Å²) >= 11 is 1.69. The van der Waals surface area contributed by atoms with Gasteiger partial charge in [-0.25, -0.2) is 0 Å². The fraction of sp³-hybridized carbons (Fsp3) is 0.533. The summed E-state index contributed by atoms with van der Waals surface area (Å²) in [4.78, 5) is 13.1. The standard InChI is InChI=1S/C15H24N2OS/c1-15(2,10-11-16)9-8-14(18)17-12-4-6-13(19-3)7-5-12/h4-7H,8-11,16H2,1-3H3,(H,17,18). The molecule has 0 saturated carbocycles. The molecule has 0 unspecified atom stereocenters. The first-order chi connectivity index (χ1) is 8.96. The number of nitrogens with one attached hydrogen (secondary N) is 1. The highest BCUT2D eigenvalue weighted by Gasteiger charge is 2.18. The molecule has 1 rings (SSSR count). The number of rotatable bonds is 7. The number of hydrogen-bond donors (Lipinski definition) is 2. The summed E-state index contributed by atoms with van der Waals surface area (Å²) in [5.74, 6) is 0.0713. The molecule has 1 aromatic rings. The molecule has 0 bridgehead atoms. The number of nitrogens with two attached hydrogens (primary N) is 1. The highest BCUT2D eigenvalue weighted by Crippen LogP contribution is 2.26. The molecule has 1 aromatic carbocycles. The van der Waals surface area contributed by atoms with Crippen LogP contribution < -0.4 is 11.1 Å². The van der Waals surface area contributed by atoms with Crippen molar-refractivity contribution in [2.45, 2.75) is 38.0 Å². The van der Waals surface area contributed by atoms with Gasteiger partial charge in [0.15, 0.2) is 0 Å². The largest absolute Gasteiger partial charge is 0.330 e. The van der Waals surface area contributed by atoms with Crippen molar-refractivity contribution in [3.8, 4) is 0 Å². The Labute approximate surface area is 120 Å². The van der Waals surface area contributed by atoms with E-state index in [1.54, 1.807) is 11.8 Å². The van der Waals surface area contributed by atoms with Crippen molar-refractivity contribution in [1.29, 1.82) is 0 Å². The molecule has 4 heteroatoms. The van der Waals surface area contributed by atoms with E-state index in [0.29, 0.717) is 13.0 Å². The van der Waals surface area contributed by atoms with Crippen LogP contribution in [0.25, 0.3) is 0 Å². The molecule has 0 saturated heterocycles. The molecule has 0 aliphatic carbocycles. The summed E-state index contributed by atoms with van der Waals surface area (Å²) in [5, 5.41) is 2.93. The number of benzene rings is 1. The van der Waals surface area contributed by atoms with Crippen molar-refractivity contribution in [2.24, 2.45) is 11.1 Å². The summed E-state index contributed by atoms with van der Waals surface area (Å²) in [6.45, 7) is 4.98. The number of carbonyl (C=O) groups is 1. The van der Waals surface area contributed by atoms with E-state index in [0.717, 1.165) is 18.5 Å². The third-order valence-corrected chi connectivity index (χ3v) is 3.97. The van der Waals surface area contributed by atoms with E-state index >= 15 is 0 Å². The number of thioether (sulfide) groups is 1. The molecule has 106 valence electrons. The Morgan fingerprint density at radius 3 is 2.42 bits per heavy atom. The van der Waals surface area contributed by atoms with Gasteiger partial charge in [-0.1, -0.05) is 13.8 Å². The number of hydrogen-bond acceptors (Lipinski definition) is 3. The Hall–Kier alpha value is -1.00. The lowest BCUT2D eigenvalue weighted by Gasteiger charge is -2.23. The molecule has 0 heterocycles. The van der Waals surface area contributed by atoms with Crippen LogP contribution in [-0.4, -0.2) is 18.7 Å². The van der Waals surface area contributed by atoms with Crippen molar-refractivity contribution in [3.05, 3.63) is 24.3 Å². The number of carbonyl (C=O) groups excluding carboxylic acids is 1. The lowest BCUT2D eigenvalue weighted by atomic mass is 9.84. The fourth-order valence-electron chi connectivity index (χ4n) is 1.87. The van der Waals surface area contributed by atoms with Crippen LogP contribution >= 0.6 is 11.8 Å². The Bertz CT molecular complexity index is 401. The van der Waals surface area contributed by atoms with Gasteiger partial charge < -0.3 is 11.1 Å². The van der Waals surface area contributed by atoms with Crippen LogP contribution in [0.15, 0.2) is 29.2 Å². The van der Waals surface area contributed by atoms with Gasteiger partial charge in [0.2, 0.25) is 5.91 Å². The van der Waals surface area contributed by atoms with Crippen LogP contribution in [0.5, 0.6) is 0 Å². The van der Waals surface area contributed by atoms with E-state index < -0.39 is 0 Å². The van der Waals surface area contributed by atoms with Crippen molar-refractivity contribution < 1.29 is 4.79 Å². The first-order valence-corrected chi connectivity index (χ1v) is 7.83. The molecule has 0 aliphatic rings. The highest BCUT2D eigenvalue weighted by molar-refractivity contribution is 7.98. The summed E-state index contributed by atoms with van der Waals surface area (Å²) in [6.07, 6.45) is 4.38. The third kappa shape index (κ3) is 6.12. The van der Waals surface area contributed by atoms with Crippen molar-refractivity contribution in [2.75, 3.05) is 18.1 Å². The SMILES string of the molecule is CSc1ccc(NC(=O)CCC(C)(C)CCN)cc1. The molecular weight excluding hydrogens is 256 g/mol. The predicted molar refractivity (Wildman–Crippen MR) is 83.5 cm³/mol. The zero-order valence-electron chi connectivity index (χ0n) is 12.0. The minimum absolute atomic E-state index is 0.0713. The lowest BCUT2D eigenvalue weighted by molar-refractivity contribution is -0.116. The second-order valence-electron chi connectivity index (χ2n) is 5.48. The summed E-state index contributed by atoms with van der Waals surface area (Å²) in [7, 11) is 0. The molecule has 0 fully saturated rings. The first-order valence-electron chi connectivity index (χ1n) is 6.61. The summed E-state index contributed by atoms with van der Waals surface area (Å²) in [5.41, 5.74) is 6.56. The van der Waals surface area contributed by atoms with E-state index in [4.69, 9.17) is 5.73 Å². The van der Waals surface area contributed by atoms with Crippen LogP contribution in [0, 0.1) is 5.41 Å². The Balaban J connectivity index is 2.42. The topological polar surface area (TPSA) is 55.1 Å². The quantitative estimate of drug-likeness (QED) is 0.752. The number of amides is 1. The second-order valence-corrected chi connectivity index (χ2v) is 6.36. The molecule has 19 heavy (non-hydrogen) atoms. The van der Waals surface area contributed by atoms with E-state index in [1.807, 2.05) is 30.5 Å². The fourth-order valence-corrected chi connectivity index (χ4v) is 2.27. The molecular formula is C15H24N2OS. The van der Waals surface area contributed by atoms with Crippen molar-refractivity contribution in [3.63, 3.8) is 0 Å². The van der Waals surface area contributed by atoms with Crippen LogP contribution in [0.2, 0.25) is 0 Å². The Kier molecular flexibility index (Phi) is 6.38. The molecule has 3 nitrogen and oxygen atoms in total. The van der Waals surface area contributed by atoms with E-state index in [-0.39, 0.29) is 11.3 Å². The molecule has 1 amide bonds. The molecule has 0 spiro atoms. The number of anilines is 1. The third-order valence-electron chi connectivity index (χ3n) is 3.22. The summed E-state index contributed by atoms with van der Waals surface area (Å²) in [6, 6.07) is 7.90. The lowest BCUT2D eigenvalue weighted by Crippen LogP contribution is -2.20. The smallest absolute Gasteiger partial charge is 0.224 e. The second kappa shape index (κ2) is 7.56. The maximum atomic E-state index is 11.9. The Morgan fingerprint density at radius 1 is 1.26 bits per heavy atom. The van der Waals surface area contributed by atoms with Crippen LogP contribution in [0.1, 0.15) is 33.1 Å². The first kappa shape index (κ1) is 16.1. The van der Waals surface area contributed by atoms with Crippen molar-refractivity contribution >= 4 is 23.4 Å². The van der Waals surface area contributed by atoms with E-state index in [1.165, 1.54) is 4.90 Å². The van der Waals surface area contributed by atoms with Gasteiger partial charge in [-0.3, -0.25) is 4.79 Å². The normalized spacial score (nSPS) is 11.4. The highest BCUT2D eigenvalue weighted by atomic mass is 32.2. The summed E-state index contributed by atoms with van der Waals surface area (Å²) < 4.78 is 0. The maximum absolute atomic E-state index is 11.9. The van der Waals surface area contributed by atoms with Gasteiger partial charge in [0.05, 0.1) is 0 Å². The maximum Gasteiger partial charge on any atom is 0.224 e. The van der Waals surface area contributed by atoms with Gasteiger partial charge in [0.1, 0.15) is 0 Å². The van der Waals surface area contributed by atoms with Gasteiger partial charge in [-0.05, 0) is 55.3 Å². The van der Waals surface area contributed by atoms with Gasteiger partial charge >= 0.3 is 0 Å². The van der Waals surface area contributed by atoms with Gasteiger partial charge in [-0.2, -0.15) is 0 Å². The average molecular weight is 280 g/mol. The van der Waals surface area contributed by atoms with Crippen LogP contribution in [0.3, 0.4) is 0 Å². The molecule has 3 N–H and O–H groups in total. The van der Waals surface area contributed by atoms with Crippen LogP contribution in [-0.2, 0) is 4.79 Å². The average Bonchev–Trinajstić information content (AvgIpc) is 2.37. The Morgan fingerprint density at radius 2 is 1.89 bits per heavy atom. The van der Waals surface area contributed by atoms with Crippen LogP contribution in [0.4, 0.5) is 5.69 Å². The monoisotopic (exact) mass is 280 g/mol. The van der Waals surface area contributed by atoms with E-state index in [2.05, 4.69) is 19.2 Å². The predicted octanol–water partition coefficient (Wildman–Crippen LogP) is 3.50.